The van der Waals surface area contributed by atoms with Crippen molar-refractivity contribution in [3.8, 4) is 0 Å². The standard InChI is InChI=1S/C13H17N3O5/c17-10-4-6-15(13(21)14-10)8-11(18)16-5-2-1-3-9(16)7-12(19)20/h4,6,9H,1-3,5,7-8H2,(H,19,20)(H,14,17,21). The summed E-state index contributed by atoms with van der Waals surface area (Å²) in [5.41, 5.74) is -1.17. The zero-order valence-corrected chi connectivity index (χ0v) is 11.4. The monoisotopic (exact) mass is 295 g/mol. The van der Waals surface area contributed by atoms with Gasteiger partial charge in [-0.25, -0.2) is 4.79 Å². The summed E-state index contributed by atoms with van der Waals surface area (Å²) in [6, 6.07) is 0.835. The van der Waals surface area contributed by atoms with Crippen LogP contribution in [0.1, 0.15) is 25.7 Å². The van der Waals surface area contributed by atoms with Crippen molar-refractivity contribution in [1.29, 1.82) is 0 Å². The van der Waals surface area contributed by atoms with Gasteiger partial charge in [0, 0.05) is 24.8 Å². The van der Waals surface area contributed by atoms with Crippen LogP contribution in [0.2, 0.25) is 0 Å². The average molecular weight is 295 g/mol. The number of hydrogen-bond donors (Lipinski definition) is 2. The fourth-order valence-electron chi connectivity index (χ4n) is 2.55. The Bertz CT molecular complexity index is 648. The molecule has 1 aromatic rings. The van der Waals surface area contributed by atoms with Crippen LogP contribution >= 0.6 is 0 Å². The molecule has 0 saturated carbocycles. The van der Waals surface area contributed by atoms with E-state index in [4.69, 9.17) is 5.11 Å². The quantitative estimate of drug-likeness (QED) is 0.769. The molecule has 1 fully saturated rings. The van der Waals surface area contributed by atoms with Gasteiger partial charge in [-0.2, -0.15) is 0 Å². The number of nitrogens with zero attached hydrogens (tertiary/aromatic N) is 2. The average Bonchev–Trinajstić information content (AvgIpc) is 2.42. The normalized spacial score (nSPS) is 18.5. The smallest absolute Gasteiger partial charge is 0.328 e. The Kier molecular flexibility index (Phi) is 4.56. The molecule has 2 N–H and O–H groups in total. The van der Waals surface area contributed by atoms with E-state index in [0.29, 0.717) is 13.0 Å². The highest BCUT2D eigenvalue weighted by molar-refractivity contribution is 5.77. The summed E-state index contributed by atoms with van der Waals surface area (Å²) in [6.45, 7) is 0.292. The number of amides is 1. The molecule has 0 aromatic carbocycles. The van der Waals surface area contributed by atoms with Crippen molar-refractivity contribution in [1.82, 2.24) is 14.5 Å². The molecule has 2 rings (SSSR count). The van der Waals surface area contributed by atoms with Crippen molar-refractivity contribution >= 4 is 11.9 Å². The molecule has 114 valence electrons. The first kappa shape index (κ1) is 15.0. The molecule has 0 radical (unpaired) electrons. The maximum absolute atomic E-state index is 12.3. The third-order valence-electron chi connectivity index (χ3n) is 3.56. The Morgan fingerprint density at radius 2 is 2.10 bits per heavy atom. The van der Waals surface area contributed by atoms with Crippen LogP contribution in [-0.4, -0.2) is 44.0 Å². The van der Waals surface area contributed by atoms with E-state index in [1.54, 1.807) is 0 Å². The van der Waals surface area contributed by atoms with Crippen molar-refractivity contribution in [2.24, 2.45) is 0 Å². The molecule has 8 heteroatoms. The van der Waals surface area contributed by atoms with Crippen molar-refractivity contribution in [2.75, 3.05) is 6.54 Å². The molecule has 1 aliphatic rings. The molecule has 2 heterocycles. The first-order valence-corrected chi connectivity index (χ1v) is 6.78. The molecule has 1 aromatic heterocycles. The van der Waals surface area contributed by atoms with E-state index >= 15 is 0 Å². The van der Waals surface area contributed by atoms with Crippen LogP contribution in [0.3, 0.4) is 0 Å². The number of piperidine rings is 1. The largest absolute Gasteiger partial charge is 0.481 e. The van der Waals surface area contributed by atoms with E-state index in [1.165, 1.54) is 17.2 Å². The van der Waals surface area contributed by atoms with Gasteiger partial charge in [0.1, 0.15) is 6.54 Å². The molecule has 8 nitrogen and oxygen atoms in total. The number of hydrogen-bond acceptors (Lipinski definition) is 4. The van der Waals surface area contributed by atoms with E-state index in [9.17, 15) is 19.2 Å². The third-order valence-corrected chi connectivity index (χ3v) is 3.56. The summed E-state index contributed by atoms with van der Waals surface area (Å²) >= 11 is 0. The minimum absolute atomic E-state index is 0.0910. The SMILES string of the molecule is O=C(O)CC1CCCCN1C(=O)Cn1ccc(=O)[nH]c1=O. The van der Waals surface area contributed by atoms with Crippen LogP contribution in [0.25, 0.3) is 0 Å². The molecular weight excluding hydrogens is 278 g/mol. The summed E-state index contributed by atoms with van der Waals surface area (Å²) in [6.07, 6.45) is 3.53. The fourth-order valence-corrected chi connectivity index (χ4v) is 2.55. The second-order valence-corrected chi connectivity index (χ2v) is 5.07. The van der Waals surface area contributed by atoms with Crippen LogP contribution in [0.4, 0.5) is 0 Å². The van der Waals surface area contributed by atoms with Crippen LogP contribution < -0.4 is 11.2 Å². The molecule has 0 spiro atoms. The number of nitrogens with one attached hydrogen (secondary N) is 1. The molecule has 0 aliphatic carbocycles. The maximum atomic E-state index is 12.3. The molecule has 21 heavy (non-hydrogen) atoms. The summed E-state index contributed by atoms with van der Waals surface area (Å²) in [7, 11) is 0. The predicted molar refractivity (Wildman–Crippen MR) is 72.9 cm³/mol. The van der Waals surface area contributed by atoms with E-state index in [2.05, 4.69) is 4.98 Å². The number of carbonyl (C=O) groups excluding carboxylic acids is 1. The van der Waals surface area contributed by atoms with Gasteiger partial charge in [0.15, 0.2) is 0 Å². The van der Waals surface area contributed by atoms with Gasteiger partial charge >= 0.3 is 11.7 Å². The van der Waals surface area contributed by atoms with Gasteiger partial charge in [-0.15, -0.1) is 0 Å². The zero-order valence-electron chi connectivity index (χ0n) is 11.4. The number of carbonyl (C=O) groups is 2. The summed E-state index contributed by atoms with van der Waals surface area (Å²) in [5.74, 6) is -1.25. The van der Waals surface area contributed by atoms with Crippen molar-refractivity contribution in [3.05, 3.63) is 33.1 Å². The molecule has 1 unspecified atom stereocenters. The van der Waals surface area contributed by atoms with E-state index in [-0.39, 0.29) is 24.9 Å². The van der Waals surface area contributed by atoms with Gasteiger partial charge in [0.05, 0.1) is 6.42 Å². The number of H-pyrrole nitrogens is 1. The third kappa shape index (κ3) is 3.80. The predicted octanol–water partition coefficient (Wildman–Crippen LogP) is -0.608. The Labute approximate surface area is 120 Å². The number of aromatic nitrogens is 2. The summed E-state index contributed by atoms with van der Waals surface area (Å²) in [5, 5.41) is 8.90. The van der Waals surface area contributed by atoms with Crippen LogP contribution in [0.5, 0.6) is 0 Å². The lowest BCUT2D eigenvalue weighted by atomic mass is 9.99. The lowest BCUT2D eigenvalue weighted by Crippen LogP contribution is -2.47. The minimum atomic E-state index is -0.944. The van der Waals surface area contributed by atoms with Crippen LogP contribution in [-0.2, 0) is 16.1 Å². The highest BCUT2D eigenvalue weighted by Crippen LogP contribution is 2.20. The van der Waals surface area contributed by atoms with Gasteiger partial charge in [0.2, 0.25) is 5.91 Å². The highest BCUT2D eigenvalue weighted by atomic mass is 16.4. The molecule has 1 amide bonds. The van der Waals surface area contributed by atoms with Crippen molar-refractivity contribution in [2.45, 2.75) is 38.3 Å². The van der Waals surface area contributed by atoms with E-state index < -0.39 is 17.2 Å². The highest BCUT2D eigenvalue weighted by Gasteiger charge is 2.28. The van der Waals surface area contributed by atoms with Gasteiger partial charge in [-0.05, 0) is 19.3 Å². The molecule has 0 bridgehead atoms. The topological polar surface area (TPSA) is 112 Å². The number of carboxylic acid groups (broad SMARTS) is 1. The van der Waals surface area contributed by atoms with Crippen molar-refractivity contribution < 1.29 is 14.7 Å². The number of aliphatic carboxylic acids is 1. The van der Waals surface area contributed by atoms with Gasteiger partial charge in [0.25, 0.3) is 5.56 Å². The van der Waals surface area contributed by atoms with E-state index in [1.807, 2.05) is 0 Å². The molecule has 1 saturated heterocycles. The van der Waals surface area contributed by atoms with E-state index in [0.717, 1.165) is 17.4 Å². The van der Waals surface area contributed by atoms with Gasteiger partial charge < -0.3 is 10.0 Å². The van der Waals surface area contributed by atoms with Crippen LogP contribution in [0, 0.1) is 0 Å². The Balaban J connectivity index is 2.11. The molecule has 1 aliphatic heterocycles. The first-order chi connectivity index (χ1) is 9.97. The number of carboxylic acids is 1. The first-order valence-electron chi connectivity index (χ1n) is 6.78. The molecule has 1 atom stereocenters. The van der Waals surface area contributed by atoms with Crippen molar-refractivity contribution in [3.63, 3.8) is 0 Å². The van der Waals surface area contributed by atoms with Gasteiger partial charge in [-0.3, -0.25) is 23.9 Å². The molecular formula is C13H17N3O5. The van der Waals surface area contributed by atoms with Gasteiger partial charge in [-0.1, -0.05) is 0 Å². The second kappa shape index (κ2) is 6.38. The summed E-state index contributed by atoms with van der Waals surface area (Å²) < 4.78 is 1.11. The summed E-state index contributed by atoms with van der Waals surface area (Å²) in [4.78, 5) is 49.3. The lowest BCUT2D eigenvalue weighted by Gasteiger charge is -2.35. The Morgan fingerprint density at radius 1 is 1.33 bits per heavy atom. The van der Waals surface area contributed by atoms with Crippen LogP contribution in [0.15, 0.2) is 21.9 Å². The second-order valence-electron chi connectivity index (χ2n) is 5.07. The fraction of sp³-hybridized carbons (Fsp3) is 0.538. The number of aromatic amines is 1. The zero-order chi connectivity index (χ0) is 15.4. The Morgan fingerprint density at radius 3 is 2.76 bits per heavy atom. The minimum Gasteiger partial charge on any atom is -0.481 e. The maximum Gasteiger partial charge on any atom is 0.328 e. The Hall–Kier alpha value is -2.38. The lowest BCUT2D eigenvalue weighted by molar-refractivity contribution is -0.142. The number of rotatable bonds is 4. The number of likely N-dealkylation sites (tertiary alicyclic amines) is 1.